The predicted molar refractivity (Wildman–Crippen MR) is 97.9 cm³/mol. The Kier molecular flexibility index (Phi) is 5.21. The minimum Gasteiger partial charge on any atom is -0.351 e. The van der Waals surface area contributed by atoms with Crippen LogP contribution < -0.4 is 10.6 Å². The lowest BCUT2D eigenvalue weighted by molar-refractivity contribution is -0.117. The second-order valence-corrected chi connectivity index (χ2v) is 7.51. The zero-order valence-corrected chi connectivity index (χ0v) is 15.0. The van der Waals surface area contributed by atoms with E-state index in [4.69, 9.17) is 11.6 Å². The fraction of sp³-hybridized carbons (Fsp3) is 0.333. The van der Waals surface area contributed by atoms with E-state index < -0.39 is 0 Å². The van der Waals surface area contributed by atoms with E-state index in [1.54, 1.807) is 0 Å². The van der Waals surface area contributed by atoms with Crippen LogP contribution in [0.25, 0.3) is 0 Å². The third kappa shape index (κ3) is 4.36. The average Bonchev–Trinajstić information content (AvgIpc) is 3.33. The van der Waals surface area contributed by atoms with Crippen LogP contribution in [0.5, 0.6) is 0 Å². The van der Waals surface area contributed by atoms with Crippen LogP contribution in [0.1, 0.15) is 33.6 Å². The molecule has 0 aliphatic heterocycles. The third-order valence-corrected chi connectivity index (χ3v) is 5.33. The van der Waals surface area contributed by atoms with Gasteiger partial charge in [-0.15, -0.1) is 11.3 Å². The Morgan fingerprint density at radius 1 is 1.25 bits per heavy atom. The highest BCUT2D eigenvalue weighted by molar-refractivity contribution is 7.18. The fourth-order valence-electron chi connectivity index (χ4n) is 2.39. The summed E-state index contributed by atoms with van der Waals surface area (Å²) in [5.41, 5.74) is 2.01. The highest BCUT2D eigenvalue weighted by Gasteiger charge is 2.30. The summed E-state index contributed by atoms with van der Waals surface area (Å²) in [5.74, 6) is 0.119. The van der Waals surface area contributed by atoms with Crippen molar-refractivity contribution < 1.29 is 9.59 Å². The average molecular weight is 363 g/mol. The van der Waals surface area contributed by atoms with Gasteiger partial charge in [0.1, 0.15) is 0 Å². The summed E-state index contributed by atoms with van der Waals surface area (Å²) in [5, 5.41) is 7.27. The molecule has 6 heteroatoms. The lowest BCUT2D eigenvalue weighted by Gasteiger charge is -2.05. The number of amides is 2. The van der Waals surface area contributed by atoms with Gasteiger partial charge in [-0.05, 0) is 55.5 Å². The van der Waals surface area contributed by atoms with Crippen molar-refractivity contribution in [1.82, 2.24) is 5.32 Å². The van der Waals surface area contributed by atoms with Crippen molar-refractivity contribution in [3.63, 3.8) is 0 Å². The Balaban J connectivity index is 1.53. The van der Waals surface area contributed by atoms with Gasteiger partial charge >= 0.3 is 0 Å². The van der Waals surface area contributed by atoms with Crippen LogP contribution in [0.15, 0.2) is 30.3 Å². The Morgan fingerprint density at radius 2 is 1.96 bits per heavy atom. The highest BCUT2D eigenvalue weighted by Crippen LogP contribution is 2.32. The van der Waals surface area contributed by atoms with Gasteiger partial charge in [-0.3, -0.25) is 9.59 Å². The number of carbonyl (C=O) groups excluding carboxylic acids is 2. The molecule has 2 N–H and O–H groups in total. The van der Waals surface area contributed by atoms with Crippen LogP contribution in [0.3, 0.4) is 0 Å². The van der Waals surface area contributed by atoms with Crippen molar-refractivity contribution in [2.75, 3.05) is 11.9 Å². The van der Waals surface area contributed by atoms with Crippen molar-refractivity contribution in [1.29, 1.82) is 0 Å². The predicted octanol–water partition coefficient (Wildman–Crippen LogP) is 4.03. The number of thiophene rings is 1. The smallest absolute Gasteiger partial charge is 0.261 e. The van der Waals surface area contributed by atoms with Gasteiger partial charge in [-0.2, -0.15) is 0 Å². The number of aryl methyl sites for hydroxylation is 1. The van der Waals surface area contributed by atoms with E-state index in [2.05, 4.69) is 10.6 Å². The molecule has 0 saturated heterocycles. The Bertz CT molecular complexity index is 751. The Hall–Kier alpha value is -1.85. The van der Waals surface area contributed by atoms with Crippen molar-refractivity contribution in [3.05, 3.63) is 51.4 Å². The molecule has 0 spiro atoms. The van der Waals surface area contributed by atoms with E-state index in [0.717, 1.165) is 35.4 Å². The van der Waals surface area contributed by atoms with Crippen LogP contribution in [-0.2, 0) is 11.2 Å². The molecule has 3 rings (SSSR count). The summed E-state index contributed by atoms with van der Waals surface area (Å²) in [4.78, 5) is 24.8. The van der Waals surface area contributed by atoms with Gasteiger partial charge < -0.3 is 10.6 Å². The summed E-state index contributed by atoms with van der Waals surface area (Å²) >= 11 is 7.18. The lowest BCUT2D eigenvalue weighted by Crippen LogP contribution is -2.25. The second kappa shape index (κ2) is 7.36. The molecule has 2 aromatic rings. The molecule has 1 saturated carbocycles. The molecule has 1 heterocycles. The topological polar surface area (TPSA) is 58.2 Å². The molecule has 0 radical (unpaired) electrons. The molecule has 1 fully saturated rings. The van der Waals surface area contributed by atoms with Gasteiger partial charge in [0, 0.05) is 17.5 Å². The first-order valence-corrected chi connectivity index (χ1v) is 9.16. The molecule has 1 aliphatic rings. The van der Waals surface area contributed by atoms with Crippen LogP contribution in [0.4, 0.5) is 5.00 Å². The first-order chi connectivity index (χ1) is 11.5. The number of rotatable bonds is 6. The van der Waals surface area contributed by atoms with Gasteiger partial charge in [0.2, 0.25) is 5.91 Å². The number of hydrogen-bond acceptors (Lipinski definition) is 3. The summed E-state index contributed by atoms with van der Waals surface area (Å²) in [6.45, 7) is 2.44. The minimum absolute atomic E-state index is 0.0611. The Labute approximate surface area is 150 Å². The van der Waals surface area contributed by atoms with E-state index in [1.165, 1.54) is 11.3 Å². The molecule has 126 valence electrons. The van der Waals surface area contributed by atoms with Gasteiger partial charge in [0.05, 0.1) is 9.88 Å². The summed E-state index contributed by atoms with van der Waals surface area (Å²) < 4.78 is 0. The van der Waals surface area contributed by atoms with Crippen molar-refractivity contribution in [2.45, 2.75) is 26.2 Å². The molecule has 0 bridgehead atoms. The van der Waals surface area contributed by atoms with Crippen molar-refractivity contribution >= 4 is 39.8 Å². The van der Waals surface area contributed by atoms with Gasteiger partial charge in [0.15, 0.2) is 0 Å². The molecule has 4 nitrogen and oxygen atoms in total. The van der Waals surface area contributed by atoms with Crippen LogP contribution in [0.2, 0.25) is 5.02 Å². The number of hydrogen-bond donors (Lipinski definition) is 2. The van der Waals surface area contributed by atoms with E-state index in [9.17, 15) is 9.59 Å². The van der Waals surface area contributed by atoms with E-state index in [1.807, 2.05) is 37.3 Å². The number of benzene rings is 1. The normalized spacial score (nSPS) is 13.6. The molecular weight excluding hydrogens is 344 g/mol. The first-order valence-electron chi connectivity index (χ1n) is 7.97. The molecule has 0 atom stereocenters. The molecule has 1 aliphatic carbocycles. The monoisotopic (exact) mass is 362 g/mol. The summed E-state index contributed by atoms with van der Waals surface area (Å²) in [6.07, 6.45) is 2.68. The highest BCUT2D eigenvalue weighted by atomic mass is 35.5. The maximum absolute atomic E-state index is 12.3. The SMILES string of the molecule is Cc1cc(NC(=O)C2CC2)sc1C(=O)NCCc1ccc(Cl)cc1. The Morgan fingerprint density at radius 3 is 2.62 bits per heavy atom. The van der Waals surface area contributed by atoms with E-state index in [-0.39, 0.29) is 17.7 Å². The zero-order chi connectivity index (χ0) is 17.1. The van der Waals surface area contributed by atoms with Gasteiger partial charge in [-0.25, -0.2) is 0 Å². The van der Waals surface area contributed by atoms with E-state index >= 15 is 0 Å². The van der Waals surface area contributed by atoms with Gasteiger partial charge in [-0.1, -0.05) is 23.7 Å². The fourth-order valence-corrected chi connectivity index (χ4v) is 3.51. The van der Waals surface area contributed by atoms with Gasteiger partial charge in [0.25, 0.3) is 5.91 Å². The number of halogens is 1. The number of nitrogens with one attached hydrogen (secondary N) is 2. The van der Waals surface area contributed by atoms with Crippen molar-refractivity contribution in [3.8, 4) is 0 Å². The third-order valence-electron chi connectivity index (χ3n) is 3.93. The molecule has 24 heavy (non-hydrogen) atoms. The quantitative estimate of drug-likeness (QED) is 0.815. The van der Waals surface area contributed by atoms with Crippen LogP contribution in [0, 0.1) is 12.8 Å². The zero-order valence-electron chi connectivity index (χ0n) is 13.4. The van der Waals surface area contributed by atoms with Crippen LogP contribution in [-0.4, -0.2) is 18.4 Å². The number of anilines is 1. The summed E-state index contributed by atoms with van der Waals surface area (Å²) in [6, 6.07) is 9.46. The lowest BCUT2D eigenvalue weighted by atomic mass is 10.1. The maximum atomic E-state index is 12.3. The van der Waals surface area contributed by atoms with E-state index in [0.29, 0.717) is 16.4 Å². The number of carbonyl (C=O) groups is 2. The minimum atomic E-state index is -0.0987. The standard InChI is InChI=1S/C18H19ClN2O2S/c1-11-10-15(21-17(22)13-4-5-13)24-16(11)18(23)20-9-8-12-2-6-14(19)7-3-12/h2-3,6-7,10,13H,4-5,8-9H2,1H3,(H,20,23)(H,21,22). The first kappa shape index (κ1) is 17.0. The molecule has 1 aromatic heterocycles. The maximum Gasteiger partial charge on any atom is 0.261 e. The molecular formula is C18H19ClN2O2S. The molecule has 0 unspecified atom stereocenters. The van der Waals surface area contributed by atoms with Crippen molar-refractivity contribution in [2.24, 2.45) is 5.92 Å². The largest absolute Gasteiger partial charge is 0.351 e. The second-order valence-electron chi connectivity index (χ2n) is 6.02. The summed E-state index contributed by atoms with van der Waals surface area (Å²) in [7, 11) is 0. The molecule has 1 aromatic carbocycles. The van der Waals surface area contributed by atoms with Crippen LogP contribution >= 0.6 is 22.9 Å². The molecule has 2 amide bonds.